The monoisotopic (exact) mass is 470 g/mol. The zero-order valence-corrected chi connectivity index (χ0v) is 19.1. The maximum Gasteiger partial charge on any atom is 0.385 e. The highest BCUT2D eigenvalue weighted by molar-refractivity contribution is 6.33. The van der Waals surface area contributed by atoms with Gasteiger partial charge in [0.25, 0.3) is 5.91 Å². The smallest absolute Gasteiger partial charge is 0.385 e. The summed E-state index contributed by atoms with van der Waals surface area (Å²) < 4.78 is 6.23. The number of nitrogens with zero attached hydrogens (tertiary/aromatic N) is 1. The van der Waals surface area contributed by atoms with Crippen LogP contribution in [0.1, 0.15) is 21.6 Å². The van der Waals surface area contributed by atoms with Crippen LogP contribution < -0.4 is 15.9 Å². The van der Waals surface area contributed by atoms with Crippen LogP contribution in [0.15, 0.2) is 83.4 Å². The zero-order valence-electron chi connectivity index (χ0n) is 18.3. The van der Waals surface area contributed by atoms with Crippen LogP contribution in [-0.2, 0) is 6.61 Å². The van der Waals surface area contributed by atoms with Crippen molar-refractivity contribution in [1.29, 1.82) is 0 Å². The fourth-order valence-corrected chi connectivity index (χ4v) is 4.08. The third-order valence-electron chi connectivity index (χ3n) is 5.65. The number of nitrogens with one attached hydrogen (secondary N) is 2. The van der Waals surface area contributed by atoms with Crippen LogP contribution >= 0.6 is 11.6 Å². The second-order valence-corrected chi connectivity index (χ2v) is 8.25. The third kappa shape index (κ3) is 4.05. The molecule has 6 nitrogen and oxygen atoms in total. The summed E-state index contributed by atoms with van der Waals surface area (Å²) in [5.74, 6) is -0.403. The number of hydrogen-bond acceptors (Lipinski definition) is 4. The Hall–Kier alpha value is -4.00. The number of fused-ring (bicyclic) bond motifs is 2. The highest BCUT2D eigenvalue weighted by Crippen LogP contribution is 2.24. The quantitative estimate of drug-likeness (QED) is 0.370. The molecule has 0 fully saturated rings. The molecule has 0 atom stereocenters. The van der Waals surface area contributed by atoms with E-state index in [1.807, 2.05) is 49.4 Å². The largest absolute Gasteiger partial charge is 0.402 e. The summed E-state index contributed by atoms with van der Waals surface area (Å²) in [6.45, 7) is 1.58. The van der Waals surface area contributed by atoms with Gasteiger partial charge in [0.2, 0.25) is 5.69 Å². The molecule has 7 heteroatoms. The van der Waals surface area contributed by atoms with Gasteiger partial charge in [-0.3, -0.25) is 9.78 Å². The van der Waals surface area contributed by atoms with Gasteiger partial charge >= 0.3 is 5.55 Å². The summed E-state index contributed by atoms with van der Waals surface area (Å²) in [5, 5.41) is 15.8. The van der Waals surface area contributed by atoms with E-state index in [0.717, 1.165) is 16.5 Å². The number of amides is 1. The predicted octanol–water partition coefficient (Wildman–Crippen LogP) is 4.00. The molecule has 0 aliphatic carbocycles. The molecule has 2 heterocycles. The van der Waals surface area contributed by atoms with Crippen molar-refractivity contribution >= 4 is 50.6 Å². The van der Waals surface area contributed by atoms with E-state index in [1.165, 1.54) is 0 Å². The third-order valence-corrected chi connectivity index (χ3v) is 5.98. The molecule has 168 valence electrons. The number of aliphatic hydroxyl groups excluding tert-OH is 1. The van der Waals surface area contributed by atoms with E-state index >= 15 is 0 Å². The number of benzene rings is 3. The number of rotatable bonds is 4. The minimum absolute atomic E-state index is 0.235. The number of halogens is 1. The lowest BCUT2D eigenvalue weighted by Crippen LogP contribution is -2.71. The first-order valence-corrected chi connectivity index (χ1v) is 11.1. The summed E-state index contributed by atoms with van der Waals surface area (Å²) in [7, 11) is 0. The van der Waals surface area contributed by atoms with Crippen LogP contribution in [0, 0.1) is 6.92 Å². The first-order chi connectivity index (χ1) is 16.5. The molecule has 0 bridgehead atoms. The molecule has 5 rings (SSSR count). The fourth-order valence-electron chi connectivity index (χ4n) is 3.89. The normalized spacial score (nSPS) is 11.8. The van der Waals surface area contributed by atoms with Crippen molar-refractivity contribution in [1.82, 2.24) is 4.98 Å². The first-order valence-electron chi connectivity index (χ1n) is 10.7. The van der Waals surface area contributed by atoms with E-state index in [1.54, 1.807) is 36.5 Å². The van der Waals surface area contributed by atoms with Gasteiger partial charge in [0.05, 0.1) is 28.4 Å². The Bertz CT molecular complexity index is 1620. The van der Waals surface area contributed by atoms with E-state index in [0.29, 0.717) is 32.9 Å². The first kappa shape index (κ1) is 21.8. The minimum atomic E-state index is -0.403. The fraction of sp³-hybridized carbons (Fsp3) is 0.0741. The SMILES string of the molecule is Cc1ncc(CO)c2cc(C(=O)Nc3ccccc3Cl)c(=[NH+]c3cccc4ccccc34)oc12. The van der Waals surface area contributed by atoms with E-state index in [9.17, 15) is 9.90 Å². The molecule has 2 aromatic heterocycles. The van der Waals surface area contributed by atoms with Crippen LogP contribution in [0.2, 0.25) is 5.02 Å². The molecule has 0 aliphatic heterocycles. The summed E-state index contributed by atoms with van der Waals surface area (Å²) in [5.41, 5.74) is 3.49. The summed E-state index contributed by atoms with van der Waals surface area (Å²) >= 11 is 6.26. The van der Waals surface area contributed by atoms with Gasteiger partial charge in [-0.25, -0.2) is 0 Å². The molecule has 3 N–H and O–H groups in total. The molecule has 3 aromatic carbocycles. The highest BCUT2D eigenvalue weighted by atomic mass is 35.5. The summed E-state index contributed by atoms with van der Waals surface area (Å²) in [4.78, 5) is 21.1. The molecular formula is C27H21ClN3O3+. The predicted molar refractivity (Wildman–Crippen MR) is 132 cm³/mol. The van der Waals surface area contributed by atoms with Gasteiger partial charge in [0.15, 0.2) is 11.1 Å². The number of aliphatic hydroxyl groups is 1. The van der Waals surface area contributed by atoms with E-state index in [-0.39, 0.29) is 17.7 Å². The summed E-state index contributed by atoms with van der Waals surface area (Å²) in [6.07, 6.45) is 1.58. The molecule has 0 spiro atoms. The van der Waals surface area contributed by atoms with Crippen molar-refractivity contribution in [2.45, 2.75) is 13.5 Å². The molecule has 0 unspecified atom stereocenters. The Kier molecular flexibility index (Phi) is 5.84. The average molecular weight is 471 g/mol. The Morgan fingerprint density at radius 2 is 1.82 bits per heavy atom. The number of carbonyl (C=O) groups excluding carboxylic acids is 1. The average Bonchev–Trinajstić information content (AvgIpc) is 2.86. The lowest BCUT2D eigenvalue weighted by atomic mass is 10.1. The van der Waals surface area contributed by atoms with Crippen molar-refractivity contribution in [3.05, 3.63) is 106 Å². The molecule has 5 aromatic rings. The second kappa shape index (κ2) is 9.09. The van der Waals surface area contributed by atoms with Crippen molar-refractivity contribution in [3.8, 4) is 0 Å². The molecule has 1 amide bonds. The second-order valence-electron chi connectivity index (χ2n) is 7.84. The van der Waals surface area contributed by atoms with Crippen molar-refractivity contribution in [2.75, 3.05) is 5.32 Å². The van der Waals surface area contributed by atoms with Crippen molar-refractivity contribution in [3.63, 3.8) is 0 Å². The standard InChI is InChI=1S/C27H20ClN3O3/c1-16-25-20(18(15-32)14-29-16)13-21(26(33)30-24-11-5-4-10-22(24)28)27(34-25)31-23-12-6-8-17-7-2-3-9-19(17)23/h2-14,32H,15H2,1H3,(H,30,33)/p+1. The van der Waals surface area contributed by atoms with Crippen LogP contribution in [0.5, 0.6) is 0 Å². The van der Waals surface area contributed by atoms with Gasteiger partial charge in [-0.1, -0.05) is 54.1 Å². The Morgan fingerprint density at radius 1 is 1.06 bits per heavy atom. The molecular weight excluding hydrogens is 450 g/mol. The van der Waals surface area contributed by atoms with Crippen LogP contribution in [-0.4, -0.2) is 16.0 Å². The van der Waals surface area contributed by atoms with Gasteiger partial charge < -0.3 is 14.8 Å². The van der Waals surface area contributed by atoms with E-state index in [4.69, 9.17) is 16.0 Å². The van der Waals surface area contributed by atoms with Gasteiger partial charge in [-0.15, -0.1) is 0 Å². The highest BCUT2D eigenvalue weighted by Gasteiger charge is 2.20. The summed E-state index contributed by atoms with van der Waals surface area (Å²) in [6, 6.07) is 22.5. The zero-order chi connectivity index (χ0) is 23.7. The van der Waals surface area contributed by atoms with Gasteiger partial charge in [0, 0.05) is 23.2 Å². The topological polar surface area (TPSA) is 89.3 Å². The number of anilines is 1. The molecule has 0 saturated carbocycles. The molecule has 0 saturated heterocycles. The maximum atomic E-state index is 13.4. The number of aromatic nitrogens is 1. The lowest BCUT2D eigenvalue weighted by Gasteiger charge is -2.09. The van der Waals surface area contributed by atoms with Gasteiger partial charge in [0.1, 0.15) is 0 Å². The van der Waals surface area contributed by atoms with Crippen LogP contribution in [0.3, 0.4) is 0 Å². The Labute approximate surface area is 200 Å². The Morgan fingerprint density at radius 3 is 2.65 bits per heavy atom. The number of carbonyl (C=O) groups is 1. The van der Waals surface area contributed by atoms with Crippen molar-refractivity contribution < 1.29 is 19.3 Å². The van der Waals surface area contributed by atoms with Gasteiger partial charge in [-0.2, -0.15) is 4.99 Å². The number of aryl methyl sites for hydroxylation is 1. The molecule has 34 heavy (non-hydrogen) atoms. The van der Waals surface area contributed by atoms with E-state index in [2.05, 4.69) is 15.3 Å². The molecule has 0 aliphatic rings. The lowest BCUT2D eigenvalue weighted by molar-refractivity contribution is -0.415. The van der Waals surface area contributed by atoms with Crippen LogP contribution in [0.4, 0.5) is 11.4 Å². The molecule has 0 radical (unpaired) electrons. The number of para-hydroxylation sites is 1. The number of hydrogen-bond donors (Lipinski definition) is 3. The van der Waals surface area contributed by atoms with E-state index < -0.39 is 5.91 Å². The maximum absolute atomic E-state index is 13.4. The van der Waals surface area contributed by atoms with Crippen LogP contribution in [0.25, 0.3) is 21.7 Å². The number of pyridine rings is 1. The van der Waals surface area contributed by atoms with Crippen molar-refractivity contribution in [2.24, 2.45) is 0 Å². The van der Waals surface area contributed by atoms with Gasteiger partial charge in [-0.05, 0) is 36.6 Å². The minimum Gasteiger partial charge on any atom is -0.402 e. The Balaban J connectivity index is 1.77.